The van der Waals surface area contributed by atoms with E-state index in [0.29, 0.717) is 12.1 Å². The highest BCUT2D eigenvalue weighted by Gasteiger charge is 2.51. The number of benzene rings is 1. The minimum absolute atomic E-state index is 0.142. The van der Waals surface area contributed by atoms with Crippen molar-refractivity contribution in [2.75, 3.05) is 35.3 Å². The molecular formula is C24H33N3O3S. The van der Waals surface area contributed by atoms with Crippen LogP contribution >= 0.6 is 11.8 Å². The van der Waals surface area contributed by atoms with Gasteiger partial charge in [-0.3, -0.25) is 19.3 Å². The van der Waals surface area contributed by atoms with Crippen LogP contribution < -0.4 is 10.2 Å². The van der Waals surface area contributed by atoms with E-state index in [9.17, 15) is 14.4 Å². The van der Waals surface area contributed by atoms with E-state index in [1.165, 1.54) is 29.8 Å². The first-order chi connectivity index (χ1) is 15.1. The SMILES string of the molecule is CSCC[C@H](C(=O)Nc1ccc(N2CCCCC2)cc1)N1C(=O)[C@H]2CCCC[C@H]2C1=O. The third kappa shape index (κ3) is 4.76. The van der Waals surface area contributed by atoms with Gasteiger partial charge in [0.25, 0.3) is 0 Å². The van der Waals surface area contributed by atoms with Crippen LogP contribution in [0.5, 0.6) is 0 Å². The zero-order valence-electron chi connectivity index (χ0n) is 18.3. The molecule has 4 rings (SSSR count). The van der Waals surface area contributed by atoms with Crippen molar-refractivity contribution in [3.63, 3.8) is 0 Å². The van der Waals surface area contributed by atoms with E-state index in [0.717, 1.165) is 44.5 Å². The van der Waals surface area contributed by atoms with Gasteiger partial charge in [0.05, 0.1) is 11.8 Å². The predicted molar refractivity (Wildman–Crippen MR) is 125 cm³/mol. The molecule has 0 unspecified atom stereocenters. The summed E-state index contributed by atoms with van der Waals surface area (Å²) in [5.41, 5.74) is 1.88. The lowest BCUT2D eigenvalue weighted by atomic mass is 9.81. The first-order valence-electron chi connectivity index (χ1n) is 11.6. The number of fused-ring (bicyclic) bond motifs is 1. The van der Waals surface area contributed by atoms with E-state index in [-0.39, 0.29) is 29.6 Å². The van der Waals surface area contributed by atoms with Crippen LogP contribution in [0.3, 0.4) is 0 Å². The summed E-state index contributed by atoms with van der Waals surface area (Å²) in [6.45, 7) is 2.15. The van der Waals surface area contributed by atoms with Crippen LogP contribution in [0, 0.1) is 11.8 Å². The van der Waals surface area contributed by atoms with Gasteiger partial charge in [-0.05, 0) is 74.8 Å². The van der Waals surface area contributed by atoms with Crippen LogP contribution in [-0.4, -0.2) is 53.8 Å². The summed E-state index contributed by atoms with van der Waals surface area (Å²) < 4.78 is 0. The van der Waals surface area contributed by atoms with Crippen LogP contribution in [0.2, 0.25) is 0 Å². The number of amides is 3. The Morgan fingerprint density at radius 3 is 2.19 bits per heavy atom. The molecule has 0 aromatic heterocycles. The monoisotopic (exact) mass is 443 g/mol. The molecule has 1 saturated carbocycles. The molecule has 1 aliphatic carbocycles. The number of piperidine rings is 1. The Kier molecular flexibility index (Phi) is 7.20. The maximum atomic E-state index is 13.2. The van der Waals surface area contributed by atoms with Gasteiger partial charge in [0, 0.05) is 24.5 Å². The second-order valence-electron chi connectivity index (χ2n) is 8.93. The molecule has 3 atom stereocenters. The van der Waals surface area contributed by atoms with Crippen molar-refractivity contribution < 1.29 is 14.4 Å². The zero-order valence-corrected chi connectivity index (χ0v) is 19.2. The van der Waals surface area contributed by atoms with Gasteiger partial charge in [-0.25, -0.2) is 0 Å². The number of thioether (sulfide) groups is 1. The van der Waals surface area contributed by atoms with Gasteiger partial charge in [-0.15, -0.1) is 0 Å². The lowest BCUT2D eigenvalue weighted by molar-refractivity contribution is -0.146. The summed E-state index contributed by atoms with van der Waals surface area (Å²) in [6.07, 6.45) is 9.68. The van der Waals surface area contributed by atoms with Crippen molar-refractivity contribution >= 4 is 40.9 Å². The van der Waals surface area contributed by atoms with Crippen LogP contribution in [0.4, 0.5) is 11.4 Å². The second kappa shape index (κ2) is 10.1. The molecule has 7 heteroatoms. The number of carbonyl (C=O) groups is 3. The lowest BCUT2D eigenvalue weighted by Crippen LogP contribution is -2.48. The number of nitrogens with zero attached hydrogens (tertiary/aromatic N) is 2. The molecule has 1 aromatic rings. The smallest absolute Gasteiger partial charge is 0.247 e. The quantitative estimate of drug-likeness (QED) is 0.647. The first-order valence-corrected chi connectivity index (χ1v) is 13.0. The Bertz CT molecular complexity index is 783. The molecule has 168 valence electrons. The number of anilines is 2. The molecule has 1 N–H and O–H groups in total. The highest BCUT2D eigenvalue weighted by molar-refractivity contribution is 7.98. The van der Waals surface area contributed by atoms with E-state index in [2.05, 4.69) is 10.2 Å². The standard InChI is InChI=1S/C24H33N3O3S/c1-31-16-13-21(27-23(29)19-7-3-4-8-20(19)24(27)30)22(28)25-17-9-11-18(12-10-17)26-14-5-2-6-15-26/h9-12,19-21H,2-8,13-16H2,1H3,(H,25,28)/t19-,20+,21-/m1/s1. The molecule has 0 bridgehead atoms. The average Bonchev–Trinajstić information content (AvgIpc) is 3.06. The Balaban J connectivity index is 1.47. The molecule has 0 radical (unpaired) electrons. The first kappa shape index (κ1) is 22.2. The van der Waals surface area contributed by atoms with Gasteiger partial charge in [0.15, 0.2) is 0 Å². The fourth-order valence-electron chi connectivity index (χ4n) is 5.24. The number of nitrogens with one attached hydrogen (secondary N) is 1. The van der Waals surface area contributed by atoms with Gasteiger partial charge in [0.2, 0.25) is 17.7 Å². The van der Waals surface area contributed by atoms with Crippen LogP contribution in [0.1, 0.15) is 51.4 Å². The van der Waals surface area contributed by atoms with Gasteiger partial charge >= 0.3 is 0 Å². The molecule has 3 aliphatic rings. The fourth-order valence-corrected chi connectivity index (χ4v) is 5.69. The van der Waals surface area contributed by atoms with Crippen molar-refractivity contribution in [1.29, 1.82) is 0 Å². The van der Waals surface area contributed by atoms with E-state index in [1.807, 2.05) is 30.5 Å². The second-order valence-corrected chi connectivity index (χ2v) is 9.91. The number of rotatable bonds is 7. The third-order valence-corrected chi connectivity index (χ3v) is 7.58. The molecular weight excluding hydrogens is 410 g/mol. The number of hydrogen-bond acceptors (Lipinski definition) is 5. The number of likely N-dealkylation sites (tertiary alicyclic amines) is 1. The molecule has 2 aliphatic heterocycles. The summed E-state index contributed by atoms with van der Waals surface area (Å²) in [4.78, 5) is 43.0. The summed E-state index contributed by atoms with van der Waals surface area (Å²) in [5, 5.41) is 2.97. The van der Waals surface area contributed by atoms with E-state index in [1.54, 1.807) is 11.8 Å². The molecule has 6 nitrogen and oxygen atoms in total. The molecule has 3 fully saturated rings. The number of carbonyl (C=O) groups excluding carboxylic acids is 3. The topological polar surface area (TPSA) is 69.7 Å². The summed E-state index contributed by atoms with van der Waals surface area (Å²) in [5.74, 6) is -0.282. The summed E-state index contributed by atoms with van der Waals surface area (Å²) >= 11 is 1.62. The summed E-state index contributed by atoms with van der Waals surface area (Å²) in [7, 11) is 0. The van der Waals surface area contributed by atoms with Crippen LogP contribution in [0.15, 0.2) is 24.3 Å². The van der Waals surface area contributed by atoms with Crippen LogP contribution in [-0.2, 0) is 14.4 Å². The third-order valence-electron chi connectivity index (χ3n) is 6.94. The summed E-state index contributed by atoms with van der Waals surface area (Å²) in [6, 6.07) is 7.18. The fraction of sp³-hybridized carbons (Fsp3) is 0.625. The normalized spacial score (nSPS) is 24.8. The zero-order chi connectivity index (χ0) is 21.8. The van der Waals surface area contributed by atoms with Gasteiger partial charge in [0.1, 0.15) is 6.04 Å². The molecule has 1 aromatic carbocycles. The van der Waals surface area contributed by atoms with E-state index >= 15 is 0 Å². The maximum Gasteiger partial charge on any atom is 0.247 e. The number of imide groups is 1. The molecule has 0 spiro atoms. The molecule has 2 heterocycles. The maximum absolute atomic E-state index is 13.2. The van der Waals surface area contributed by atoms with Crippen molar-refractivity contribution in [3.8, 4) is 0 Å². The average molecular weight is 444 g/mol. The number of hydrogen-bond donors (Lipinski definition) is 1. The molecule has 31 heavy (non-hydrogen) atoms. The van der Waals surface area contributed by atoms with Crippen molar-refractivity contribution in [3.05, 3.63) is 24.3 Å². The Hall–Kier alpha value is -2.02. The molecule has 3 amide bonds. The Labute approximate surface area is 189 Å². The highest BCUT2D eigenvalue weighted by atomic mass is 32.2. The van der Waals surface area contributed by atoms with Crippen molar-refractivity contribution in [2.45, 2.75) is 57.4 Å². The van der Waals surface area contributed by atoms with Gasteiger partial charge in [-0.1, -0.05) is 12.8 Å². The van der Waals surface area contributed by atoms with Gasteiger partial charge in [-0.2, -0.15) is 11.8 Å². The molecule has 2 saturated heterocycles. The largest absolute Gasteiger partial charge is 0.372 e. The van der Waals surface area contributed by atoms with E-state index < -0.39 is 6.04 Å². The highest BCUT2D eigenvalue weighted by Crippen LogP contribution is 2.39. The van der Waals surface area contributed by atoms with Crippen molar-refractivity contribution in [2.24, 2.45) is 11.8 Å². The van der Waals surface area contributed by atoms with Crippen LogP contribution in [0.25, 0.3) is 0 Å². The minimum atomic E-state index is -0.736. The van der Waals surface area contributed by atoms with E-state index in [4.69, 9.17) is 0 Å². The van der Waals surface area contributed by atoms with Crippen molar-refractivity contribution in [1.82, 2.24) is 4.90 Å². The Morgan fingerprint density at radius 2 is 1.61 bits per heavy atom. The predicted octanol–water partition coefficient (Wildman–Crippen LogP) is 3.91. The Morgan fingerprint density at radius 1 is 1.00 bits per heavy atom. The van der Waals surface area contributed by atoms with Gasteiger partial charge < -0.3 is 10.2 Å². The lowest BCUT2D eigenvalue weighted by Gasteiger charge is -2.29. The minimum Gasteiger partial charge on any atom is -0.372 e.